The number of nitrogens with zero attached hydrogens (tertiary/aromatic N) is 2. The van der Waals surface area contributed by atoms with Crippen molar-refractivity contribution < 1.29 is 9.53 Å². The van der Waals surface area contributed by atoms with Crippen LogP contribution in [0.1, 0.15) is 5.56 Å². The minimum Gasteiger partial charge on any atom is -0.482 e. The molecule has 152 valence electrons. The highest BCUT2D eigenvalue weighted by atomic mass is 35.5. The van der Waals surface area contributed by atoms with Gasteiger partial charge in [-0.05, 0) is 47.7 Å². The summed E-state index contributed by atoms with van der Waals surface area (Å²) >= 11 is 1.81. The molecule has 0 saturated carbocycles. The zero-order chi connectivity index (χ0) is 18.9. The molecular weight excluding hydrogens is 406 g/mol. The van der Waals surface area contributed by atoms with Gasteiger partial charge in [0.1, 0.15) is 5.75 Å². The van der Waals surface area contributed by atoms with Crippen LogP contribution in [0.2, 0.25) is 0 Å². The lowest BCUT2D eigenvalue weighted by molar-refractivity contribution is -0.118. The summed E-state index contributed by atoms with van der Waals surface area (Å²) < 4.78 is 6.80. The number of fused-ring (bicyclic) bond motifs is 2. The molecule has 0 unspecified atom stereocenters. The number of hydrogen-bond donors (Lipinski definition) is 1. The van der Waals surface area contributed by atoms with Gasteiger partial charge < -0.3 is 15.0 Å². The summed E-state index contributed by atoms with van der Waals surface area (Å²) in [5, 5.41) is 6.44. The second-order valence-electron chi connectivity index (χ2n) is 7.36. The van der Waals surface area contributed by atoms with Crippen molar-refractivity contribution in [3.8, 4) is 5.75 Å². The Kier molecular flexibility index (Phi) is 5.94. The molecule has 1 amide bonds. The zero-order valence-corrected chi connectivity index (χ0v) is 17.7. The van der Waals surface area contributed by atoms with Crippen LogP contribution in [-0.2, 0) is 11.2 Å². The minimum absolute atomic E-state index is 0. The fourth-order valence-corrected chi connectivity index (χ4v) is 4.85. The van der Waals surface area contributed by atoms with Crippen LogP contribution >= 0.6 is 23.7 Å². The summed E-state index contributed by atoms with van der Waals surface area (Å²) in [5.74, 6) is 0.681. The molecule has 1 saturated heterocycles. The van der Waals surface area contributed by atoms with Gasteiger partial charge in [-0.2, -0.15) is 0 Å². The molecule has 2 aromatic carbocycles. The van der Waals surface area contributed by atoms with E-state index in [-0.39, 0.29) is 24.9 Å². The van der Waals surface area contributed by atoms with Crippen molar-refractivity contribution in [3.63, 3.8) is 0 Å². The van der Waals surface area contributed by atoms with Gasteiger partial charge in [-0.25, -0.2) is 0 Å². The van der Waals surface area contributed by atoms with Crippen molar-refractivity contribution in [2.75, 3.05) is 49.5 Å². The second kappa shape index (κ2) is 8.61. The van der Waals surface area contributed by atoms with E-state index in [1.54, 1.807) is 0 Å². The molecular formula is C22H24ClN3O2S. The number of ether oxygens (including phenoxy) is 1. The van der Waals surface area contributed by atoms with Gasteiger partial charge in [0.25, 0.3) is 5.91 Å². The topological polar surface area (TPSA) is 44.8 Å². The lowest BCUT2D eigenvalue weighted by atomic mass is 10.1. The van der Waals surface area contributed by atoms with Gasteiger partial charge in [0.2, 0.25) is 0 Å². The van der Waals surface area contributed by atoms with Crippen molar-refractivity contribution in [3.05, 3.63) is 53.4 Å². The Labute approximate surface area is 180 Å². The molecule has 3 heterocycles. The van der Waals surface area contributed by atoms with Crippen LogP contribution in [-0.4, -0.2) is 50.1 Å². The van der Waals surface area contributed by atoms with Crippen LogP contribution in [0.25, 0.3) is 10.1 Å². The largest absolute Gasteiger partial charge is 0.482 e. The lowest BCUT2D eigenvalue weighted by Gasteiger charge is -2.36. The number of piperazine rings is 1. The summed E-state index contributed by atoms with van der Waals surface area (Å²) in [6, 6.07) is 15.0. The third kappa shape index (κ3) is 4.20. The van der Waals surface area contributed by atoms with Crippen LogP contribution in [0, 0.1) is 0 Å². The summed E-state index contributed by atoms with van der Waals surface area (Å²) in [6.07, 6.45) is 0.975. The molecule has 2 aliphatic rings. The van der Waals surface area contributed by atoms with E-state index in [4.69, 9.17) is 4.74 Å². The third-order valence-corrected chi connectivity index (χ3v) is 6.46. The molecule has 3 aromatic rings. The smallest absolute Gasteiger partial charge is 0.262 e. The molecule has 29 heavy (non-hydrogen) atoms. The van der Waals surface area contributed by atoms with Crippen molar-refractivity contribution in [1.82, 2.24) is 4.90 Å². The maximum atomic E-state index is 11.5. The van der Waals surface area contributed by atoms with E-state index < -0.39 is 0 Å². The van der Waals surface area contributed by atoms with Crippen LogP contribution in [0.15, 0.2) is 47.8 Å². The lowest BCUT2D eigenvalue weighted by Crippen LogP contribution is -2.47. The maximum absolute atomic E-state index is 11.5. The molecule has 1 fully saturated rings. The molecule has 0 aliphatic carbocycles. The Morgan fingerprint density at radius 2 is 1.93 bits per heavy atom. The number of rotatable bonds is 4. The first-order valence-electron chi connectivity index (χ1n) is 9.75. The van der Waals surface area contributed by atoms with Crippen molar-refractivity contribution in [2.24, 2.45) is 0 Å². The fraction of sp³-hybridized carbons (Fsp3) is 0.318. The molecule has 0 radical (unpaired) electrons. The van der Waals surface area contributed by atoms with Gasteiger partial charge in [-0.1, -0.05) is 12.1 Å². The summed E-state index contributed by atoms with van der Waals surface area (Å²) in [6.45, 7) is 5.41. The van der Waals surface area contributed by atoms with Gasteiger partial charge in [0, 0.05) is 48.5 Å². The third-order valence-electron chi connectivity index (χ3n) is 5.58. The van der Waals surface area contributed by atoms with Gasteiger partial charge >= 0.3 is 0 Å². The first kappa shape index (κ1) is 20.0. The summed E-state index contributed by atoms with van der Waals surface area (Å²) in [7, 11) is 0. The SMILES string of the molecule is Cl.O=C1COc2ccc(CCN3CCN(c4cccc5sccc45)CC3)cc2N1. The quantitative estimate of drug-likeness (QED) is 0.680. The van der Waals surface area contributed by atoms with Crippen molar-refractivity contribution in [2.45, 2.75) is 6.42 Å². The van der Waals surface area contributed by atoms with Crippen LogP contribution in [0.4, 0.5) is 11.4 Å². The number of benzene rings is 2. The van der Waals surface area contributed by atoms with Gasteiger partial charge in [0.05, 0.1) is 5.69 Å². The molecule has 1 N–H and O–H groups in total. The molecule has 0 atom stereocenters. The second-order valence-corrected chi connectivity index (χ2v) is 8.30. The van der Waals surface area contributed by atoms with Crippen LogP contribution < -0.4 is 15.0 Å². The Balaban J connectivity index is 0.00000205. The first-order valence-corrected chi connectivity index (χ1v) is 10.6. The van der Waals surface area contributed by atoms with Gasteiger partial charge in [0.15, 0.2) is 6.61 Å². The number of halogens is 1. The van der Waals surface area contributed by atoms with Crippen LogP contribution in [0.3, 0.4) is 0 Å². The molecule has 7 heteroatoms. The maximum Gasteiger partial charge on any atom is 0.262 e. The van der Waals surface area contributed by atoms with E-state index >= 15 is 0 Å². The van der Waals surface area contributed by atoms with Crippen molar-refractivity contribution in [1.29, 1.82) is 0 Å². The number of anilines is 2. The number of carbonyl (C=O) groups excluding carboxylic acids is 1. The Bertz CT molecular complexity index is 1010. The molecule has 1 aromatic heterocycles. The number of carbonyl (C=O) groups is 1. The fourth-order valence-electron chi connectivity index (χ4n) is 4.04. The predicted molar refractivity (Wildman–Crippen MR) is 122 cm³/mol. The molecule has 0 bridgehead atoms. The number of thiophene rings is 1. The minimum atomic E-state index is -0.0820. The predicted octanol–water partition coefficient (Wildman–Crippen LogP) is 4.02. The molecule has 5 rings (SSSR count). The number of hydrogen-bond acceptors (Lipinski definition) is 5. The van der Waals surface area contributed by atoms with E-state index in [9.17, 15) is 4.79 Å². The Hall–Kier alpha value is -2.28. The van der Waals surface area contributed by atoms with E-state index in [0.29, 0.717) is 0 Å². The highest BCUT2D eigenvalue weighted by molar-refractivity contribution is 7.17. The van der Waals surface area contributed by atoms with E-state index in [1.165, 1.54) is 21.3 Å². The highest BCUT2D eigenvalue weighted by Crippen LogP contribution is 2.31. The number of amides is 1. The molecule has 5 nitrogen and oxygen atoms in total. The van der Waals surface area contributed by atoms with Crippen molar-refractivity contribution >= 4 is 51.1 Å². The monoisotopic (exact) mass is 429 g/mol. The Morgan fingerprint density at radius 1 is 1.07 bits per heavy atom. The number of nitrogens with one attached hydrogen (secondary N) is 1. The molecule has 0 spiro atoms. The van der Waals surface area contributed by atoms with Gasteiger partial charge in [-0.15, -0.1) is 23.7 Å². The van der Waals surface area contributed by atoms with Crippen LogP contribution in [0.5, 0.6) is 5.75 Å². The average molecular weight is 430 g/mol. The van der Waals surface area contributed by atoms with Gasteiger partial charge in [-0.3, -0.25) is 9.69 Å². The normalized spacial score (nSPS) is 16.7. The zero-order valence-electron chi connectivity index (χ0n) is 16.1. The van der Waals surface area contributed by atoms with E-state index in [1.807, 2.05) is 23.5 Å². The summed E-state index contributed by atoms with van der Waals surface area (Å²) in [5.41, 5.74) is 3.39. The average Bonchev–Trinajstić information content (AvgIpc) is 3.21. The standard InChI is InChI=1S/C22H23N3O2S.ClH/c26-22-15-27-20-5-4-16(14-18(20)23-22)6-8-24-9-11-25(12-10-24)19-2-1-3-21-17(19)7-13-28-21;/h1-5,7,13-14H,6,8-12,15H2,(H,23,26);1H. The first-order chi connectivity index (χ1) is 13.8. The highest BCUT2D eigenvalue weighted by Gasteiger charge is 2.20. The summed E-state index contributed by atoms with van der Waals surface area (Å²) in [4.78, 5) is 16.5. The van der Waals surface area contributed by atoms with E-state index in [2.05, 4.69) is 50.8 Å². The Morgan fingerprint density at radius 3 is 2.79 bits per heavy atom. The molecule has 2 aliphatic heterocycles. The van der Waals surface area contributed by atoms with E-state index in [0.717, 1.165) is 50.6 Å².